The summed E-state index contributed by atoms with van der Waals surface area (Å²) in [6, 6.07) is 15.7. The van der Waals surface area contributed by atoms with Gasteiger partial charge in [0.1, 0.15) is 0 Å². The molecule has 2 amide bonds. The molecule has 2 aromatic carbocycles. The minimum Gasteiger partial charge on any atom is -0.483 e. The number of hydrogen-bond acceptors (Lipinski definition) is 4. The molecule has 0 aromatic heterocycles. The van der Waals surface area contributed by atoms with Gasteiger partial charge in [0.2, 0.25) is 5.91 Å². The standard InChI is InChI=1S/C23H26N2O3.CH2O2/c1-16-6-4-7-17(14-16)18-8-2-3-9-19(18)21(27)25-13-10-20(26)23(15-25)11-5-12-24-22(23)28;2-1-3/h2-4,6-9,14,20,26H,5,10-13,15H2,1H3,(H,24,28);1H,(H,2,3)/t20-,23-;/m1./s1. The first kappa shape index (κ1) is 22.5. The molecule has 2 saturated heterocycles. The molecule has 0 aliphatic carbocycles. The molecule has 2 aliphatic rings. The molecular formula is C24H28N2O5. The maximum atomic E-state index is 13.4. The highest BCUT2D eigenvalue weighted by Gasteiger charge is 2.50. The molecule has 164 valence electrons. The van der Waals surface area contributed by atoms with Crippen molar-refractivity contribution in [1.82, 2.24) is 10.2 Å². The van der Waals surface area contributed by atoms with Crippen LogP contribution >= 0.6 is 0 Å². The number of hydrogen-bond donors (Lipinski definition) is 3. The zero-order valence-electron chi connectivity index (χ0n) is 17.6. The highest BCUT2D eigenvalue weighted by molar-refractivity contribution is 6.01. The average Bonchev–Trinajstić information content (AvgIpc) is 2.77. The van der Waals surface area contributed by atoms with Gasteiger partial charge >= 0.3 is 0 Å². The first-order valence-corrected chi connectivity index (χ1v) is 10.4. The Labute approximate surface area is 181 Å². The number of carbonyl (C=O) groups excluding carboxylic acids is 2. The smallest absolute Gasteiger partial charge is 0.290 e. The minimum atomic E-state index is -0.884. The molecule has 7 heteroatoms. The number of piperidine rings is 2. The fourth-order valence-corrected chi connectivity index (χ4v) is 4.52. The highest BCUT2D eigenvalue weighted by Crippen LogP contribution is 2.38. The van der Waals surface area contributed by atoms with Gasteiger partial charge in [0, 0.05) is 25.2 Å². The fraction of sp³-hybridized carbons (Fsp3) is 0.375. The third-order valence-corrected chi connectivity index (χ3v) is 6.09. The van der Waals surface area contributed by atoms with E-state index < -0.39 is 11.5 Å². The van der Waals surface area contributed by atoms with Crippen LogP contribution in [0.25, 0.3) is 11.1 Å². The molecule has 2 aromatic rings. The van der Waals surface area contributed by atoms with Gasteiger partial charge < -0.3 is 20.4 Å². The molecule has 4 rings (SSSR count). The Bertz CT molecular complexity index is 960. The second-order valence-electron chi connectivity index (χ2n) is 8.07. The lowest BCUT2D eigenvalue weighted by molar-refractivity contribution is -0.147. The summed E-state index contributed by atoms with van der Waals surface area (Å²) in [6.45, 7) is 3.14. The average molecular weight is 424 g/mol. The predicted octanol–water partition coefficient (Wildman–Crippen LogP) is 2.47. The number of nitrogens with one attached hydrogen (secondary N) is 1. The van der Waals surface area contributed by atoms with Crippen LogP contribution in [0.1, 0.15) is 35.2 Å². The molecule has 3 N–H and O–H groups in total. The van der Waals surface area contributed by atoms with Crippen LogP contribution in [0.3, 0.4) is 0 Å². The van der Waals surface area contributed by atoms with E-state index in [1.807, 2.05) is 49.4 Å². The molecule has 0 unspecified atom stereocenters. The van der Waals surface area contributed by atoms with E-state index in [4.69, 9.17) is 9.90 Å². The predicted molar refractivity (Wildman–Crippen MR) is 117 cm³/mol. The normalized spacial score (nSPS) is 22.8. The van der Waals surface area contributed by atoms with Crippen molar-refractivity contribution in [3.05, 3.63) is 59.7 Å². The Balaban J connectivity index is 0.000000858. The molecule has 31 heavy (non-hydrogen) atoms. The van der Waals surface area contributed by atoms with Crippen LogP contribution in [0.2, 0.25) is 0 Å². The lowest BCUT2D eigenvalue weighted by Gasteiger charge is -2.46. The van der Waals surface area contributed by atoms with Crippen LogP contribution < -0.4 is 5.32 Å². The fourth-order valence-electron chi connectivity index (χ4n) is 4.52. The summed E-state index contributed by atoms with van der Waals surface area (Å²) in [5.74, 6) is -0.211. The van der Waals surface area contributed by atoms with Gasteiger partial charge in [0.25, 0.3) is 12.4 Å². The number of nitrogens with zero attached hydrogens (tertiary/aromatic N) is 1. The van der Waals surface area contributed by atoms with Gasteiger partial charge in [-0.3, -0.25) is 14.4 Å². The van der Waals surface area contributed by atoms with Crippen molar-refractivity contribution in [2.75, 3.05) is 19.6 Å². The van der Waals surface area contributed by atoms with Crippen LogP contribution in [0.4, 0.5) is 0 Å². The van der Waals surface area contributed by atoms with E-state index in [9.17, 15) is 14.7 Å². The number of carboxylic acid groups (broad SMARTS) is 1. The van der Waals surface area contributed by atoms with Gasteiger partial charge in [0.05, 0.1) is 11.5 Å². The van der Waals surface area contributed by atoms with Gasteiger partial charge in [0.15, 0.2) is 0 Å². The molecule has 2 atom stereocenters. The lowest BCUT2D eigenvalue weighted by atomic mass is 9.71. The third kappa shape index (κ3) is 4.61. The molecule has 0 bridgehead atoms. The van der Waals surface area contributed by atoms with Crippen molar-refractivity contribution in [2.24, 2.45) is 5.41 Å². The van der Waals surface area contributed by atoms with Crippen molar-refractivity contribution in [2.45, 2.75) is 32.3 Å². The van der Waals surface area contributed by atoms with Gasteiger partial charge in [-0.25, -0.2) is 0 Å². The first-order chi connectivity index (χ1) is 14.9. The summed E-state index contributed by atoms with van der Waals surface area (Å²) in [5, 5.41) is 20.4. The van der Waals surface area contributed by atoms with Crippen molar-refractivity contribution in [3.8, 4) is 11.1 Å². The number of carbonyl (C=O) groups is 3. The Kier molecular flexibility index (Phi) is 7.07. The number of aliphatic hydroxyl groups is 1. The summed E-state index contributed by atoms with van der Waals surface area (Å²) in [4.78, 5) is 36.1. The lowest BCUT2D eigenvalue weighted by Crippen LogP contribution is -2.62. The van der Waals surface area contributed by atoms with E-state index in [1.165, 1.54) is 0 Å². The Hall–Kier alpha value is -3.19. The molecule has 2 fully saturated rings. The van der Waals surface area contributed by atoms with Crippen molar-refractivity contribution >= 4 is 18.3 Å². The quantitative estimate of drug-likeness (QED) is 0.642. The van der Waals surface area contributed by atoms with Crippen molar-refractivity contribution in [3.63, 3.8) is 0 Å². The largest absolute Gasteiger partial charge is 0.483 e. The molecule has 1 spiro atoms. The summed E-state index contributed by atoms with van der Waals surface area (Å²) in [6.07, 6.45) is 1.16. The summed E-state index contributed by atoms with van der Waals surface area (Å²) in [5.41, 5.74) is 2.79. The van der Waals surface area contributed by atoms with E-state index in [0.717, 1.165) is 23.1 Å². The molecule has 0 saturated carbocycles. The Morgan fingerprint density at radius 1 is 1.23 bits per heavy atom. The van der Waals surface area contributed by atoms with Gasteiger partial charge in [-0.05, 0) is 43.4 Å². The van der Waals surface area contributed by atoms with Crippen LogP contribution in [0.15, 0.2) is 48.5 Å². The van der Waals surface area contributed by atoms with E-state index in [0.29, 0.717) is 31.5 Å². The number of amides is 2. The molecule has 7 nitrogen and oxygen atoms in total. The van der Waals surface area contributed by atoms with Crippen LogP contribution in [-0.4, -0.2) is 59.1 Å². The summed E-state index contributed by atoms with van der Waals surface area (Å²) in [7, 11) is 0. The molecular weight excluding hydrogens is 396 g/mol. The number of benzene rings is 2. The molecule has 2 aliphatic heterocycles. The first-order valence-electron chi connectivity index (χ1n) is 10.4. The van der Waals surface area contributed by atoms with E-state index in [1.54, 1.807) is 4.90 Å². The van der Waals surface area contributed by atoms with Crippen LogP contribution in [0, 0.1) is 12.3 Å². The highest BCUT2D eigenvalue weighted by atomic mass is 16.3. The van der Waals surface area contributed by atoms with Gasteiger partial charge in [-0.15, -0.1) is 0 Å². The van der Waals surface area contributed by atoms with Gasteiger partial charge in [-0.1, -0.05) is 48.0 Å². The van der Waals surface area contributed by atoms with Crippen LogP contribution in [0.5, 0.6) is 0 Å². The van der Waals surface area contributed by atoms with Crippen LogP contribution in [-0.2, 0) is 9.59 Å². The molecule has 0 radical (unpaired) electrons. The van der Waals surface area contributed by atoms with E-state index >= 15 is 0 Å². The monoisotopic (exact) mass is 424 g/mol. The van der Waals surface area contributed by atoms with Crippen molar-refractivity contribution < 1.29 is 24.6 Å². The maximum absolute atomic E-state index is 13.4. The minimum absolute atomic E-state index is 0.0817. The Morgan fingerprint density at radius 3 is 2.68 bits per heavy atom. The number of aliphatic hydroxyl groups excluding tert-OH is 1. The zero-order valence-corrected chi connectivity index (χ0v) is 17.6. The third-order valence-electron chi connectivity index (χ3n) is 6.09. The topological polar surface area (TPSA) is 107 Å². The van der Waals surface area contributed by atoms with E-state index in [-0.39, 0.29) is 24.8 Å². The number of rotatable bonds is 2. The van der Waals surface area contributed by atoms with E-state index in [2.05, 4.69) is 11.4 Å². The summed E-state index contributed by atoms with van der Waals surface area (Å²) < 4.78 is 0. The van der Waals surface area contributed by atoms with Gasteiger partial charge in [-0.2, -0.15) is 0 Å². The second kappa shape index (κ2) is 9.75. The maximum Gasteiger partial charge on any atom is 0.290 e. The Morgan fingerprint density at radius 2 is 1.97 bits per heavy atom. The zero-order chi connectivity index (χ0) is 22.4. The molecule has 2 heterocycles. The summed E-state index contributed by atoms with van der Waals surface area (Å²) >= 11 is 0. The number of aryl methyl sites for hydroxylation is 1. The number of likely N-dealkylation sites (tertiary alicyclic amines) is 1. The van der Waals surface area contributed by atoms with Crippen molar-refractivity contribution in [1.29, 1.82) is 0 Å². The SMILES string of the molecule is Cc1cccc(-c2ccccc2C(=O)N2CC[C@@H](O)[C@@]3(CCCNC3=O)C2)c1.O=CO. The second-order valence-corrected chi connectivity index (χ2v) is 8.07.